The van der Waals surface area contributed by atoms with E-state index in [-0.39, 0.29) is 17.7 Å². The first-order valence-corrected chi connectivity index (χ1v) is 13.5. The summed E-state index contributed by atoms with van der Waals surface area (Å²) in [6.45, 7) is 16.7. The van der Waals surface area contributed by atoms with E-state index in [0.29, 0.717) is 41.2 Å². The van der Waals surface area contributed by atoms with E-state index >= 15 is 0 Å². The minimum atomic E-state index is -0.221. The number of ether oxygens (including phenoxy) is 1. The minimum Gasteiger partial charge on any atom is -0.380 e. The summed E-state index contributed by atoms with van der Waals surface area (Å²) >= 11 is 0. The molecule has 9 heteroatoms. The van der Waals surface area contributed by atoms with Crippen LogP contribution in [0.3, 0.4) is 0 Å². The van der Waals surface area contributed by atoms with Crippen molar-refractivity contribution in [2.24, 2.45) is 0 Å². The molecule has 206 valence electrons. The molecule has 0 spiro atoms. The Labute approximate surface area is 225 Å². The van der Waals surface area contributed by atoms with E-state index in [9.17, 15) is 14.4 Å². The maximum Gasteiger partial charge on any atom is 0.256 e. The minimum absolute atomic E-state index is 0.0105. The van der Waals surface area contributed by atoms with Crippen LogP contribution in [0.4, 0.5) is 11.4 Å². The van der Waals surface area contributed by atoms with E-state index in [0.717, 1.165) is 56.2 Å². The lowest BCUT2D eigenvalue weighted by molar-refractivity contribution is -0.114. The Hall–Kier alpha value is -3.43. The average Bonchev–Trinajstić information content (AvgIpc) is 3.19. The average molecular weight is 524 g/mol. The lowest BCUT2D eigenvalue weighted by Gasteiger charge is -2.26. The van der Waals surface area contributed by atoms with Gasteiger partial charge >= 0.3 is 0 Å². The molecular formula is C29H41N5O4. The first-order valence-electron chi connectivity index (χ1n) is 13.5. The van der Waals surface area contributed by atoms with Gasteiger partial charge in [0, 0.05) is 74.6 Å². The van der Waals surface area contributed by atoms with Crippen molar-refractivity contribution < 1.29 is 19.1 Å². The third-order valence-electron chi connectivity index (χ3n) is 6.77. The largest absolute Gasteiger partial charge is 0.380 e. The Bertz CT molecular complexity index is 1190. The number of rotatable bonds is 7. The lowest BCUT2D eigenvalue weighted by atomic mass is 10.0. The highest BCUT2D eigenvalue weighted by Crippen LogP contribution is 2.36. The fraction of sp³-hybridized carbons (Fsp3) is 0.483. The predicted octanol–water partition coefficient (Wildman–Crippen LogP) is 4.29. The maximum atomic E-state index is 13.5. The van der Waals surface area contributed by atoms with Crippen LogP contribution in [0, 0.1) is 13.8 Å². The van der Waals surface area contributed by atoms with Crippen molar-refractivity contribution in [2.45, 2.75) is 48.0 Å². The van der Waals surface area contributed by atoms with Crippen LogP contribution < -0.4 is 10.6 Å². The van der Waals surface area contributed by atoms with Crippen LogP contribution in [-0.4, -0.2) is 78.4 Å². The number of carbonyl (C=O) groups excluding carboxylic acids is 3. The number of hydrogen-bond donors (Lipinski definition) is 3. The second-order valence-corrected chi connectivity index (χ2v) is 9.31. The summed E-state index contributed by atoms with van der Waals surface area (Å²) in [5.74, 6) is -0.411. The number of fused-ring (bicyclic) bond motifs is 1. The van der Waals surface area contributed by atoms with E-state index in [4.69, 9.17) is 4.74 Å². The van der Waals surface area contributed by atoms with Gasteiger partial charge in [-0.1, -0.05) is 13.8 Å². The van der Waals surface area contributed by atoms with Crippen molar-refractivity contribution in [1.29, 1.82) is 0 Å². The molecule has 4 rings (SSSR count). The molecule has 0 bridgehead atoms. The summed E-state index contributed by atoms with van der Waals surface area (Å²) in [4.78, 5) is 45.3. The van der Waals surface area contributed by atoms with E-state index in [2.05, 4.69) is 20.5 Å². The van der Waals surface area contributed by atoms with Crippen LogP contribution in [-0.2, 0) is 14.3 Å². The number of carbonyl (C=O) groups is 3. The standard InChI is InChI=1S/C27H35N5O4.C2H6/c1-5-32(11-10-31-9-6-13-36-14-12-31)27(35)25-17(2)24(28-18(25)3)16-22-21-15-20(29-19(4)33)7-8-23(21)30-26(22)34;1-2/h7-8,15-16,28H,5-6,9-14H2,1-4H3,(H,29,33)(H,30,34);1-2H3/b22-16-;. The van der Waals surface area contributed by atoms with Crippen LogP contribution in [0.15, 0.2) is 18.2 Å². The summed E-state index contributed by atoms with van der Waals surface area (Å²) in [5.41, 5.74) is 5.45. The van der Waals surface area contributed by atoms with Crippen molar-refractivity contribution in [3.8, 4) is 0 Å². The Morgan fingerprint density at radius 2 is 1.95 bits per heavy atom. The van der Waals surface area contributed by atoms with Gasteiger partial charge < -0.3 is 25.3 Å². The molecule has 0 aliphatic carbocycles. The van der Waals surface area contributed by atoms with Gasteiger partial charge in [0.25, 0.3) is 11.8 Å². The molecule has 1 fully saturated rings. The van der Waals surface area contributed by atoms with Crippen LogP contribution in [0.5, 0.6) is 0 Å². The van der Waals surface area contributed by atoms with Crippen LogP contribution in [0.25, 0.3) is 11.6 Å². The number of H-pyrrole nitrogens is 1. The molecule has 0 atom stereocenters. The summed E-state index contributed by atoms with van der Waals surface area (Å²) < 4.78 is 5.54. The van der Waals surface area contributed by atoms with Crippen molar-refractivity contribution in [1.82, 2.24) is 14.8 Å². The summed E-state index contributed by atoms with van der Waals surface area (Å²) in [5, 5.41) is 5.63. The predicted molar refractivity (Wildman–Crippen MR) is 152 cm³/mol. The zero-order chi connectivity index (χ0) is 27.8. The molecule has 1 saturated heterocycles. The number of nitrogens with one attached hydrogen (secondary N) is 3. The van der Waals surface area contributed by atoms with Crippen LogP contribution >= 0.6 is 0 Å². The summed E-state index contributed by atoms with van der Waals surface area (Å²) in [6, 6.07) is 5.31. The van der Waals surface area contributed by atoms with Gasteiger partial charge in [-0.3, -0.25) is 19.3 Å². The summed E-state index contributed by atoms with van der Waals surface area (Å²) in [6.07, 6.45) is 2.79. The normalized spacial score (nSPS) is 16.3. The van der Waals surface area contributed by atoms with Crippen molar-refractivity contribution in [2.75, 3.05) is 56.6 Å². The Morgan fingerprint density at radius 1 is 1.18 bits per heavy atom. The smallest absolute Gasteiger partial charge is 0.256 e. The van der Waals surface area contributed by atoms with Gasteiger partial charge in [-0.2, -0.15) is 0 Å². The summed E-state index contributed by atoms with van der Waals surface area (Å²) in [7, 11) is 0. The molecule has 2 aliphatic heterocycles. The number of nitrogens with zero attached hydrogens (tertiary/aromatic N) is 2. The first kappa shape index (κ1) is 29.1. The third-order valence-corrected chi connectivity index (χ3v) is 6.77. The maximum absolute atomic E-state index is 13.5. The van der Waals surface area contributed by atoms with E-state index in [1.54, 1.807) is 24.3 Å². The Balaban J connectivity index is 0.00000195. The molecule has 9 nitrogen and oxygen atoms in total. The molecule has 0 unspecified atom stereocenters. The molecule has 0 radical (unpaired) electrons. The topological polar surface area (TPSA) is 107 Å². The van der Waals surface area contributed by atoms with E-state index < -0.39 is 0 Å². The quantitative estimate of drug-likeness (QED) is 0.470. The zero-order valence-electron chi connectivity index (χ0n) is 23.5. The van der Waals surface area contributed by atoms with Gasteiger partial charge in [0.1, 0.15) is 0 Å². The molecule has 3 heterocycles. The van der Waals surface area contributed by atoms with Gasteiger partial charge in [0.05, 0.1) is 17.7 Å². The van der Waals surface area contributed by atoms with Gasteiger partial charge in [0.15, 0.2) is 0 Å². The molecule has 1 aromatic heterocycles. The van der Waals surface area contributed by atoms with Crippen LogP contribution in [0.2, 0.25) is 0 Å². The van der Waals surface area contributed by atoms with Gasteiger partial charge in [-0.25, -0.2) is 0 Å². The van der Waals surface area contributed by atoms with Gasteiger partial charge in [-0.15, -0.1) is 0 Å². The number of likely N-dealkylation sites (N-methyl/N-ethyl adjacent to an activating group) is 1. The van der Waals surface area contributed by atoms with Crippen LogP contribution in [0.1, 0.15) is 67.0 Å². The highest BCUT2D eigenvalue weighted by atomic mass is 16.5. The van der Waals surface area contributed by atoms with Crippen molar-refractivity contribution in [3.63, 3.8) is 0 Å². The fourth-order valence-electron chi connectivity index (χ4n) is 4.84. The number of aromatic amines is 1. The van der Waals surface area contributed by atoms with Gasteiger partial charge in [-0.05, 0) is 57.0 Å². The second kappa shape index (κ2) is 13.4. The third kappa shape index (κ3) is 6.71. The number of hydrogen-bond acceptors (Lipinski definition) is 5. The Kier molecular flexibility index (Phi) is 10.3. The number of amides is 3. The lowest BCUT2D eigenvalue weighted by Crippen LogP contribution is -2.39. The highest BCUT2D eigenvalue weighted by Gasteiger charge is 2.27. The van der Waals surface area contributed by atoms with Gasteiger partial charge in [0.2, 0.25) is 5.91 Å². The zero-order valence-corrected chi connectivity index (χ0v) is 23.5. The fourth-order valence-corrected chi connectivity index (χ4v) is 4.84. The molecule has 3 amide bonds. The molecule has 0 saturated carbocycles. The molecule has 38 heavy (non-hydrogen) atoms. The van der Waals surface area contributed by atoms with Crippen molar-refractivity contribution >= 4 is 40.7 Å². The highest BCUT2D eigenvalue weighted by molar-refractivity contribution is 6.35. The number of anilines is 2. The molecule has 3 N–H and O–H groups in total. The number of benzene rings is 1. The molecule has 2 aromatic rings. The number of aryl methyl sites for hydroxylation is 1. The molecular weight excluding hydrogens is 482 g/mol. The monoisotopic (exact) mass is 523 g/mol. The Morgan fingerprint density at radius 3 is 2.66 bits per heavy atom. The van der Waals surface area contributed by atoms with E-state index in [1.807, 2.05) is 39.5 Å². The second-order valence-electron chi connectivity index (χ2n) is 9.31. The van der Waals surface area contributed by atoms with Crippen molar-refractivity contribution in [3.05, 3.63) is 46.3 Å². The van der Waals surface area contributed by atoms with E-state index in [1.165, 1.54) is 6.92 Å². The molecule has 1 aromatic carbocycles. The first-order chi connectivity index (χ1) is 18.3. The molecule has 2 aliphatic rings. The number of aromatic nitrogens is 1. The SMILES string of the molecule is CC.CCN(CCN1CCCOCC1)C(=O)c1c(C)[nH]c(/C=C2\C(=O)Nc3ccc(NC(C)=O)cc32)c1C.